The maximum atomic E-state index is 12.3. The number of carbonyl (C=O) groups excluding carboxylic acids is 1. The Morgan fingerprint density at radius 1 is 1.04 bits per heavy atom. The summed E-state index contributed by atoms with van der Waals surface area (Å²) in [5.41, 5.74) is 2.04. The van der Waals surface area contributed by atoms with Crippen molar-refractivity contribution in [3.63, 3.8) is 0 Å². The zero-order valence-electron chi connectivity index (χ0n) is 13.1. The van der Waals surface area contributed by atoms with Gasteiger partial charge in [-0.15, -0.1) is 0 Å². The molecule has 5 heteroatoms. The summed E-state index contributed by atoms with van der Waals surface area (Å²) in [6.07, 6.45) is 1.02. The summed E-state index contributed by atoms with van der Waals surface area (Å²) in [6.45, 7) is 0.590. The Labute approximate surface area is 139 Å². The monoisotopic (exact) mass is 319 g/mol. The fraction of sp³-hybridized carbons (Fsp3) is 0.211. The minimum absolute atomic E-state index is 0.0222. The van der Waals surface area contributed by atoms with Crippen LogP contribution in [-0.2, 0) is 11.2 Å². The van der Waals surface area contributed by atoms with Gasteiger partial charge in [-0.1, -0.05) is 53.7 Å². The van der Waals surface area contributed by atoms with E-state index in [2.05, 4.69) is 10.1 Å². The van der Waals surface area contributed by atoms with Crippen molar-refractivity contribution in [3.05, 3.63) is 77.9 Å². The van der Waals surface area contributed by atoms with Crippen LogP contribution in [0.25, 0.3) is 0 Å². The molecule has 1 aromatic heterocycles. The third kappa shape index (κ3) is 2.93. The molecule has 0 radical (unpaired) electrons. The molecular formula is C19H17N3O2. The van der Waals surface area contributed by atoms with Crippen molar-refractivity contribution in [1.29, 1.82) is 0 Å². The third-order valence-corrected chi connectivity index (χ3v) is 4.24. The third-order valence-electron chi connectivity index (χ3n) is 4.24. The molecule has 0 aliphatic carbocycles. The summed E-state index contributed by atoms with van der Waals surface area (Å²) in [6, 6.07) is 19.7. The van der Waals surface area contributed by atoms with Crippen molar-refractivity contribution in [2.24, 2.45) is 0 Å². The summed E-state index contributed by atoms with van der Waals surface area (Å²) in [5, 5.41) is 4.09. The molecule has 2 heterocycles. The van der Waals surface area contributed by atoms with E-state index in [1.54, 1.807) is 4.90 Å². The average Bonchev–Trinajstić information content (AvgIpc) is 3.23. The van der Waals surface area contributed by atoms with E-state index < -0.39 is 0 Å². The quantitative estimate of drug-likeness (QED) is 0.741. The second-order valence-electron chi connectivity index (χ2n) is 5.95. The molecule has 120 valence electrons. The van der Waals surface area contributed by atoms with Gasteiger partial charge in [0.25, 0.3) is 0 Å². The molecule has 1 amide bonds. The van der Waals surface area contributed by atoms with E-state index in [4.69, 9.17) is 4.52 Å². The van der Waals surface area contributed by atoms with E-state index in [1.165, 1.54) is 0 Å². The summed E-state index contributed by atoms with van der Waals surface area (Å²) < 4.78 is 5.37. The van der Waals surface area contributed by atoms with Gasteiger partial charge in [-0.05, 0) is 17.7 Å². The first-order chi connectivity index (χ1) is 11.8. The van der Waals surface area contributed by atoms with E-state index in [9.17, 15) is 4.79 Å². The van der Waals surface area contributed by atoms with E-state index in [0.29, 0.717) is 31.1 Å². The van der Waals surface area contributed by atoms with Crippen molar-refractivity contribution >= 4 is 11.6 Å². The lowest BCUT2D eigenvalue weighted by molar-refractivity contribution is -0.117. The first-order valence-electron chi connectivity index (χ1n) is 8.01. The van der Waals surface area contributed by atoms with Crippen LogP contribution in [0.1, 0.15) is 29.6 Å². The molecule has 24 heavy (non-hydrogen) atoms. The lowest BCUT2D eigenvalue weighted by Crippen LogP contribution is -2.24. The zero-order chi connectivity index (χ0) is 16.4. The lowest BCUT2D eigenvalue weighted by Gasteiger charge is -2.15. The van der Waals surface area contributed by atoms with Crippen LogP contribution in [-0.4, -0.2) is 22.6 Å². The zero-order valence-corrected chi connectivity index (χ0v) is 13.1. The van der Waals surface area contributed by atoms with Gasteiger partial charge in [-0.25, -0.2) is 0 Å². The largest absolute Gasteiger partial charge is 0.339 e. The Morgan fingerprint density at radius 2 is 1.75 bits per heavy atom. The topological polar surface area (TPSA) is 59.2 Å². The van der Waals surface area contributed by atoms with E-state index in [-0.39, 0.29) is 11.8 Å². The number of rotatable bonds is 4. The van der Waals surface area contributed by atoms with Crippen LogP contribution in [0.5, 0.6) is 0 Å². The molecule has 3 aromatic rings. The fourth-order valence-corrected chi connectivity index (χ4v) is 3.01. The number of carbonyl (C=O) groups is 1. The minimum atomic E-state index is -0.0222. The number of para-hydroxylation sites is 1. The van der Waals surface area contributed by atoms with Crippen molar-refractivity contribution in [2.75, 3.05) is 11.4 Å². The molecule has 0 spiro atoms. The predicted molar refractivity (Wildman–Crippen MR) is 89.7 cm³/mol. The van der Waals surface area contributed by atoms with Gasteiger partial charge in [0, 0.05) is 24.6 Å². The summed E-state index contributed by atoms with van der Waals surface area (Å²) in [7, 11) is 0. The standard InChI is InChI=1S/C19H17N3O2/c23-18-12-15(13-22(18)16-9-5-2-6-10-16)19-20-17(24-21-19)11-14-7-3-1-4-8-14/h1-10,15H,11-13H2. The second-order valence-corrected chi connectivity index (χ2v) is 5.95. The van der Waals surface area contributed by atoms with Gasteiger partial charge in [0.2, 0.25) is 11.8 Å². The molecule has 5 nitrogen and oxygen atoms in total. The van der Waals surface area contributed by atoms with Crippen LogP contribution in [0.15, 0.2) is 65.2 Å². The van der Waals surface area contributed by atoms with Crippen LogP contribution in [0.2, 0.25) is 0 Å². The molecule has 1 aliphatic heterocycles. The van der Waals surface area contributed by atoms with Crippen LogP contribution in [0, 0.1) is 0 Å². The molecule has 2 aromatic carbocycles. The minimum Gasteiger partial charge on any atom is -0.339 e. The highest BCUT2D eigenvalue weighted by Gasteiger charge is 2.34. The maximum absolute atomic E-state index is 12.3. The summed E-state index contributed by atoms with van der Waals surface area (Å²) in [5.74, 6) is 1.28. The van der Waals surface area contributed by atoms with Crippen molar-refractivity contribution in [1.82, 2.24) is 10.1 Å². The summed E-state index contributed by atoms with van der Waals surface area (Å²) in [4.78, 5) is 18.6. The number of hydrogen-bond acceptors (Lipinski definition) is 4. The predicted octanol–water partition coefficient (Wildman–Crippen LogP) is 3.18. The lowest BCUT2D eigenvalue weighted by atomic mass is 10.1. The number of aromatic nitrogens is 2. The number of hydrogen-bond donors (Lipinski definition) is 0. The number of amides is 1. The van der Waals surface area contributed by atoms with E-state index in [0.717, 1.165) is 11.3 Å². The molecule has 1 saturated heterocycles. The van der Waals surface area contributed by atoms with Gasteiger partial charge in [0.05, 0.1) is 6.42 Å². The Hall–Kier alpha value is -2.95. The highest BCUT2D eigenvalue weighted by atomic mass is 16.5. The van der Waals surface area contributed by atoms with E-state index in [1.807, 2.05) is 60.7 Å². The Balaban J connectivity index is 1.48. The maximum Gasteiger partial charge on any atom is 0.231 e. The molecule has 4 rings (SSSR count). The smallest absolute Gasteiger partial charge is 0.231 e. The number of nitrogens with zero attached hydrogens (tertiary/aromatic N) is 3. The van der Waals surface area contributed by atoms with Gasteiger partial charge < -0.3 is 9.42 Å². The van der Waals surface area contributed by atoms with E-state index >= 15 is 0 Å². The van der Waals surface area contributed by atoms with Crippen molar-refractivity contribution in [2.45, 2.75) is 18.8 Å². The van der Waals surface area contributed by atoms with Gasteiger partial charge in [-0.3, -0.25) is 4.79 Å². The van der Waals surface area contributed by atoms with Gasteiger partial charge in [-0.2, -0.15) is 4.98 Å². The fourth-order valence-electron chi connectivity index (χ4n) is 3.01. The van der Waals surface area contributed by atoms with Crippen molar-refractivity contribution in [3.8, 4) is 0 Å². The first kappa shape index (κ1) is 14.6. The Bertz CT molecular complexity index is 830. The Morgan fingerprint density at radius 3 is 2.50 bits per heavy atom. The average molecular weight is 319 g/mol. The van der Waals surface area contributed by atoms with Crippen LogP contribution in [0.4, 0.5) is 5.69 Å². The normalized spacial score (nSPS) is 17.4. The van der Waals surface area contributed by atoms with Crippen LogP contribution in [0.3, 0.4) is 0 Å². The first-order valence-corrected chi connectivity index (χ1v) is 8.01. The molecule has 0 N–H and O–H groups in total. The van der Waals surface area contributed by atoms with Crippen molar-refractivity contribution < 1.29 is 9.32 Å². The van der Waals surface area contributed by atoms with Gasteiger partial charge in [0.1, 0.15) is 0 Å². The Kier molecular flexibility index (Phi) is 3.83. The molecule has 1 atom stereocenters. The SMILES string of the molecule is O=C1CC(c2noc(Cc3ccccc3)n2)CN1c1ccccc1. The highest BCUT2D eigenvalue weighted by molar-refractivity contribution is 5.96. The number of anilines is 1. The summed E-state index contributed by atoms with van der Waals surface area (Å²) >= 11 is 0. The molecule has 0 saturated carbocycles. The van der Waals surface area contributed by atoms with Gasteiger partial charge >= 0.3 is 0 Å². The number of benzene rings is 2. The molecule has 0 bridgehead atoms. The highest BCUT2D eigenvalue weighted by Crippen LogP contribution is 2.30. The molecule has 1 fully saturated rings. The molecule has 1 unspecified atom stereocenters. The van der Waals surface area contributed by atoms with Gasteiger partial charge in [0.15, 0.2) is 5.82 Å². The van der Waals surface area contributed by atoms with Crippen LogP contribution < -0.4 is 4.90 Å². The second kappa shape index (κ2) is 6.28. The molecule has 1 aliphatic rings. The molecular weight excluding hydrogens is 302 g/mol. The van der Waals surface area contributed by atoms with Crippen LogP contribution >= 0.6 is 0 Å².